The molecule has 7 heteroatoms. The minimum Gasteiger partial charge on any atom is -0.353 e. The number of benzene rings is 1. The van der Waals surface area contributed by atoms with Gasteiger partial charge < -0.3 is 4.90 Å². The minimum atomic E-state index is -0.122. The van der Waals surface area contributed by atoms with Gasteiger partial charge in [0.1, 0.15) is 16.5 Å². The third-order valence-corrected chi connectivity index (χ3v) is 7.92. The Morgan fingerprint density at radius 2 is 1.79 bits per heavy atom. The standard InChI is InChI=1S/C26H26FN5S/c27-21-9-3-1-6-19(21)17-31-12-14-32(15-13-31)25-23-20-8-2-4-10-22(20)33-26(23)30-24(29-25)18-7-5-11-28-16-18/h1,3,5-7,9,11,16H,2,4,8,10,12-15,17H2. The molecule has 1 aromatic carbocycles. The molecule has 5 nitrogen and oxygen atoms in total. The van der Waals surface area contributed by atoms with E-state index in [4.69, 9.17) is 9.97 Å². The molecule has 168 valence electrons. The van der Waals surface area contributed by atoms with Gasteiger partial charge in [-0.15, -0.1) is 11.3 Å². The lowest BCUT2D eigenvalue weighted by atomic mass is 9.96. The Balaban J connectivity index is 1.33. The number of pyridine rings is 1. The van der Waals surface area contributed by atoms with Gasteiger partial charge in [-0.2, -0.15) is 0 Å². The van der Waals surface area contributed by atoms with Crippen LogP contribution in [0.5, 0.6) is 0 Å². The Bertz CT molecular complexity index is 1280. The highest BCUT2D eigenvalue weighted by Gasteiger charge is 2.26. The summed E-state index contributed by atoms with van der Waals surface area (Å²) in [6.45, 7) is 4.16. The molecule has 2 aliphatic rings. The third-order valence-electron chi connectivity index (χ3n) is 6.74. The topological polar surface area (TPSA) is 45.2 Å². The van der Waals surface area contributed by atoms with Gasteiger partial charge in [0.25, 0.3) is 0 Å². The van der Waals surface area contributed by atoms with Crippen LogP contribution >= 0.6 is 11.3 Å². The van der Waals surface area contributed by atoms with Crippen LogP contribution in [0.3, 0.4) is 0 Å². The van der Waals surface area contributed by atoms with Crippen LogP contribution in [0, 0.1) is 5.82 Å². The quantitative estimate of drug-likeness (QED) is 0.425. The molecule has 1 saturated heterocycles. The number of nitrogens with zero attached hydrogens (tertiary/aromatic N) is 5. The summed E-state index contributed by atoms with van der Waals surface area (Å²) < 4.78 is 14.1. The van der Waals surface area contributed by atoms with Crippen molar-refractivity contribution < 1.29 is 4.39 Å². The lowest BCUT2D eigenvalue weighted by Crippen LogP contribution is -2.46. The largest absolute Gasteiger partial charge is 0.353 e. The van der Waals surface area contributed by atoms with Gasteiger partial charge in [-0.05, 0) is 49.4 Å². The van der Waals surface area contributed by atoms with Crippen LogP contribution in [-0.2, 0) is 19.4 Å². The van der Waals surface area contributed by atoms with E-state index in [-0.39, 0.29) is 5.82 Å². The Kier molecular flexibility index (Phi) is 5.52. The van der Waals surface area contributed by atoms with Crippen molar-refractivity contribution in [2.75, 3.05) is 31.1 Å². The van der Waals surface area contributed by atoms with Crippen LogP contribution in [0.4, 0.5) is 10.2 Å². The van der Waals surface area contributed by atoms with Crippen molar-refractivity contribution in [1.29, 1.82) is 0 Å². The van der Waals surface area contributed by atoms with Crippen LogP contribution in [0.1, 0.15) is 28.8 Å². The highest BCUT2D eigenvalue weighted by atomic mass is 32.1. The second-order valence-corrected chi connectivity index (χ2v) is 9.94. The number of thiophene rings is 1. The zero-order chi connectivity index (χ0) is 22.2. The predicted octanol–water partition coefficient (Wildman–Crippen LogP) is 5.09. The summed E-state index contributed by atoms with van der Waals surface area (Å²) in [5, 5.41) is 1.25. The summed E-state index contributed by atoms with van der Waals surface area (Å²) in [5.41, 5.74) is 3.18. The maximum atomic E-state index is 14.1. The summed E-state index contributed by atoms with van der Waals surface area (Å²) in [7, 11) is 0. The molecule has 0 unspecified atom stereocenters. The molecule has 0 amide bonds. The van der Waals surface area contributed by atoms with E-state index in [2.05, 4.69) is 14.8 Å². The van der Waals surface area contributed by atoms with E-state index in [1.54, 1.807) is 18.3 Å². The number of hydrogen-bond acceptors (Lipinski definition) is 6. The van der Waals surface area contributed by atoms with Crippen LogP contribution in [0.2, 0.25) is 0 Å². The molecule has 0 spiro atoms. The van der Waals surface area contributed by atoms with Gasteiger partial charge in [-0.25, -0.2) is 14.4 Å². The van der Waals surface area contributed by atoms with Gasteiger partial charge in [0, 0.05) is 61.1 Å². The second kappa shape index (κ2) is 8.80. The number of hydrogen-bond donors (Lipinski definition) is 0. The Morgan fingerprint density at radius 1 is 0.939 bits per heavy atom. The molecular weight excluding hydrogens is 433 g/mol. The summed E-state index contributed by atoms with van der Waals surface area (Å²) >= 11 is 1.84. The van der Waals surface area contributed by atoms with E-state index in [1.165, 1.54) is 28.7 Å². The number of anilines is 1. The van der Waals surface area contributed by atoms with Gasteiger partial charge in [0.05, 0.1) is 5.39 Å². The van der Waals surface area contributed by atoms with E-state index in [0.717, 1.165) is 66.6 Å². The van der Waals surface area contributed by atoms with E-state index < -0.39 is 0 Å². The number of piperazine rings is 1. The fourth-order valence-electron chi connectivity index (χ4n) is 4.98. The van der Waals surface area contributed by atoms with Gasteiger partial charge in [-0.1, -0.05) is 18.2 Å². The highest BCUT2D eigenvalue weighted by Crippen LogP contribution is 2.41. The molecule has 0 radical (unpaired) electrons. The molecule has 33 heavy (non-hydrogen) atoms. The van der Waals surface area contributed by atoms with E-state index in [0.29, 0.717) is 6.54 Å². The van der Waals surface area contributed by atoms with E-state index in [9.17, 15) is 4.39 Å². The van der Waals surface area contributed by atoms with Crippen molar-refractivity contribution in [1.82, 2.24) is 19.9 Å². The second-order valence-electron chi connectivity index (χ2n) is 8.86. The Labute approximate surface area is 196 Å². The maximum absolute atomic E-state index is 14.1. The van der Waals surface area contributed by atoms with Gasteiger partial charge >= 0.3 is 0 Å². The summed E-state index contributed by atoms with van der Waals surface area (Å²) in [6.07, 6.45) is 8.37. The molecule has 0 N–H and O–H groups in total. The molecule has 0 atom stereocenters. The molecule has 6 rings (SSSR count). The van der Waals surface area contributed by atoms with Crippen molar-refractivity contribution >= 4 is 27.4 Å². The monoisotopic (exact) mass is 459 g/mol. The molecule has 4 heterocycles. The molecule has 1 aliphatic carbocycles. The molecule has 0 bridgehead atoms. The van der Waals surface area contributed by atoms with Gasteiger partial charge in [0.2, 0.25) is 0 Å². The average Bonchev–Trinajstić information content (AvgIpc) is 3.24. The number of fused-ring (bicyclic) bond motifs is 3. The normalized spacial score (nSPS) is 16.8. The van der Waals surface area contributed by atoms with Crippen LogP contribution < -0.4 is 4.90 Å². The van der Waals surface area contributed by atoms with Gasteiger partial charge in [0.15, 0.2) is 5.82 Å². The number of aromatic nitrogens is 3. The third kappa shape index (κ3) is 4.00. The number of halogens is 1. The van der Waals surface area contributed by atoms with Crippen molar-refractivity contribution in [3.8, 4) is 11.4 Å². The first-order valence-corrected chi connectivity index (χ1v) is 12.5. The van der Waals surface area contributed by atoms with E-state index >= 15 is 0 Å². The predicted molar refractivity (Wildman–Crippen MR) is 131 cm³/mol. The molecule has 1 aliphatic heterocycles. The summed E-state index contributed by atoms with van der Waals surface area (Å²) in [6, 6.07) is 11.0. The Morgan fingerprint density at radius 3 is 2.61 bits per heavy atom. The molecule has 1 fully saturated rings. The molecule has 3 aromatic heterocycles. The number of rotatable bonds is 4. The number of aryl methyl sites for hydroxylation is 2. The van der Waals surface area contributed by atoms with E-state index in [1.807, 2.05) is 41.8 Å². The van der Waals surface area contributed by atoms with Crippen molar-refractivity contribution in [2.24, 2.45) is 0 Å². The highest BCUT2D eigenvalue weighted by molar-refractivity contribution is 7.19. The maximum Gasteiger partial charge on any atom is 0.164 e. The van der Waals surface area contributed by atoms with Crippen molar-refractivity contribution in [2.45, 2.75) is 32.2 Å². The fourth-order valence-corrected chi connectivity index (χ4v) is 6.23. The minimum absolute atomic E-state index is 0.122. The fraction of sp³-hybridized carbons (Fsp3) is 0.346. The zero-order valence-electron chi connectivity index (χ0n) is 18.5. The first-order chi connectivity index (χ1) is 16.3. The first kappa shape index (κ1) is 20.7. The van der Waals surface area contributed by atoms with Crippen molar-refractivity contribution in [3.05, 3.63) is 70.6 Å². The lowest BCUT2D eigenvalue weighted by molar-refractivity contribution is 0.246. The van der Waals surface area contributed by atoms with Crippen LogP contribution in [-0.4, -0.2) is 46.0 Å². The first-order valence-electron chi connectivity index (χ1n) is 11.7. The smallest absolute Gasteiger partial charge is 0.164 e. The SMILES string of the molecule is Fc1ccccc1CN1CCN(c2nc(-c3cccnc3)nc3sc4c(c23)CCCC4)CC1. The molecule has 0 saturated carbocycles. The zero-order valence-corrected chi connectivity index (χ0v) is 19.3. The lowest BCUT2D eigenvalue weighted by Gasteiger charge is -2.36. The van der Waals surface area contributed by atoms with Gasteiger partial charge in [-0.3, -0.25) is 9.88 Å². The Hall–Kier alpha value is -2.90. The van der Waals surface area contributed by atoms with Crippen LogP contribution in [0.15, 0.2) is 48.8 Å². The summed E-state index contributed by atoms with van der Waals surface area (Å²) in [4.78, 5) is 21.7. The molecule has 4 aromatic rings. The molecular formula is C26H26FN5S. The van der Waals surface area contributed by atoms with Crippen molar-refractivity contribution in [3.63, 3.8) is 0 Å². The van der Waals surface area contributed by atoms with Crippen LogP contribution in [0.25, 0.3) is 21.6 Å². The average molecular weight is 460 g/mol. The summed E-state index contributed by atoms with van der Waals surface area (Å²) in [5.74, 6) is 1.69.